The van der Waals surface area contributed by atoms with Gasteiger partial charge in [-0.3, -0.25) is 4.79 Å². The molecule has 2 aromatic carbocycles. The molecule has 0 saturated carbocycles. The fourth-order valence-corrected chi connectivity index (χ4v) is 5.17. The van der Waals surface area contributed by atoms with Crippen LogP contribution in [0.3, 0.4) is 0 Å². The fourth-order valence-electron chi connectivity index (χ4n) is 5.17. The summed E-state index contributed by atoms with van der Waals surface area (Å²) in [6.45, 7) is 2.11. The Morgan fingerprint density at radius 3 is 2.67 bits per heavy atom. The van der Waals surface area contributed by atoms with Crippen molar-refractivity contribution in [3.05, 3.63) is 66.1 Å². The van der Waals surface area contributed by atoms with Gasteiger partial charge in [0.15, 0.2) is 6.73 Å². The van der Waals surface area contributed by atoms with Crippen LogP contribution in [-0.4, -0.2) is 46.8 Å². The van der Waals surface area contributed by atoms with E-state index < -0.39 is 0 Å². The number of carbonyl (C=O) groups is 1. The monoisotopic (exact) mass is 520 g/mol. The van der Waals surface area contributed by atoms with Crippen molar-refractivity contribution in [2.24, 2.45) is 0 Å². The number of nitrogens with one attached hydrogen (secondary N) is 1. The third-order valence-electron chi connectivity index (χ3n) is 7.00. The molecule has 1 N–H and O–H groups in total. The van der Waals surface area contributed by atoms with Gasteiger partial charge >= 0.3 is 0 Å². The molecule has 1 aliphatic rings. The van der Waals surface area contributed by atoms with Gasteiger partial charge in [0, 0.05) is 56.2 Å². The summed E-state index contributed by atoms with van der Waals surface area (Å²) in [6, 6.07) is 18.1. The highest BCUT2D eigenvalue weighted by Gasteiger charge is 2.28. The summed E-state index contributed by atoms with van der Waals surface area (Å²) >= 11 is 0. The second kappa shape index (κ2) is 8.45. The zero-order valence-electron chi connectivity index (χ0n) is 21.8. The average Bonchev–Trinajstić information content (AvgIpc) is 3.66. The van der Waals surface area contributed by atoms with Crippen LogP contribution in [0.5, 0.6) is 5.75 Å². The third kappa shape index (κ3) is 3.48. The van der Waals surface area contributed by atoms with E-state index in [0.29, 0.717) is 29.2 Å². The lowest BCUT2D eigenvalue weighted by Gasteiger charge is -2.22. The number of hydrogen-bond donors (Lipinski definition) is 1. The van der Waals surface area contributed by atoms with Crippen molar-refractivity contribution >= 4 is 33.5 Å². The summed E-state index contributed by atoms with van der Waals surface area (Å²) in [5.74, 6) is 1.15. The van der Waals surface area contributed by atoms with Crippen molar-refractivity contribution in [1.29, 1.82) is 0 Å². The van der Waals surface area contributed by atoms with E-state index in [1.165, 1.54) is 0 Å². The number of amides is 1. The highest BCUT2D eigenvalue weighted by molar-refractivity contribution is 6.12. The molecular weight excluding hydrogens is 496 g/mol. The van der Waals surface area contributed by atoms with Crippen LogP contribution in [-0.2, 0) is 6.73 Å². The Morgan fingerprint density at radius 2 is 1.90 bits per heavy atom. The van der Waals surface area contributed by atoms with Crippen molar-refractivity contribution in [2.45, 2.75) is 13.7 Å². The first-order valence-corrected chi connectivity index (χ1v) is 12.5. The van der Waals surface area contributed by atoms with Crippen LogP contribution < -0.4 is 15.0 Å². The van der Waals surface area contributed by atoms with Crippen molar-refractivity contribution in [2.75, 3.05) is 26.0 Å². The maximum atomic E-state index is 13.1. The van der Waals surface area contributed by atoms with Gasteiger partial charge in [-0.25, -0.2) is 4.98 Å². The minimum Gasteiger partial charge on any atom is -0.470 e. The number of carbonyl (C=O) groups excluding carboxylic acids is 1. The minimum absolute atomic E-state index is 0.145. The smallest absolute Gasteiger partial charge is 0.284 e. The molecule has 10 nitrogen and oxygen atoms in total. The number of ether oxygens (including phenoxy) is 1. The number of aryl methyl sites for hydroxylation is 1. The van der Waals surface area contributed by atoms with Gasteiger partial charge in [0.05, 0.1) is 22.5 Å². The largest absolute Gasteiger partial charge is 0.470 e. The van der Waals surface area contributed by atoms with E-state index >= 15 is 0 Å². The van der Waals surface area contributed by atoms with Gasteiger partial charge in [0.1, 0.15) is 17.0 Å². The number of benzene rings is 2. The second-order valence-electron chi connectivity index (χ2n) is 9.60. The lowest BCUT2D eigenvalue weighted by molar-refractivity contribution is 0.0964. The molecule has 194 valence electrons. The Balaban J connectivity index is 1.46. The average molecular weight is 521 g/mol. The van der Waals surface area contributed by atoms with Gasteiger partial charge in [0.2, 0.25) is 11.7 Å². The molecule has 0 fully saturated rings. The molecule has 10 heteroatoms. The summed E-state index contributed by atoms with van der Waals surface area (Å²) in [5, 5.41) is 12.4. The molecule has 7 rings (SSSR count). The molecule has 39 heavy (non-hydrogen) atoms. The van der Waals surface area contributed by atoms with Crippen LogP contribution in [0.4, 0.5) is 5.69 Å². The van der Waals surface area contributed by atoms with Crippen molar-refractivity contribution in [3.63, 3.8) is 0 Å². The number of furan rings is 1. The zero-order valence-corrected chi connectivity index (χ0v) is 21.8. The molecular formula is C29H24N6O4. The van der Waals surface area contributed by atoms with Gasteiger partial charge in [-0.1, -0.05) is 18.2 Å². The molecule has 0 atom stereocenters. The number of fused-ring (bicyclic) bond motifs is 6. The number of pyridine rings is 1. The lowest BCUT2D eigenvalue weighted by Crippen LogP contribution is -2.18. The van der Waals surface area contributed by atoms with E-state index in [0.717, 1.165) is 45.0 Å². The molecule has 1 aliphatic heterocycles. The van der Waals surface area contributed by atoms with Crippen molar-refractivity contribution in [3.8, 4) is 40.0 Å². The summed E-state index contributed by atoms with van der Waals surface area (Å²) in [4.78, 5) is 20.1. The molecule has 0 saturated heterocycles. The normalized spacial score (nSPS) is 12.3. The minimum atomic E-state index is -0.320. The predicted molar refractivity (Wildman–Crippen MR) is 147 cm³/mol. The fraction of sp³-hybridized carbons (Fsp3) is 0.172. The van der Waals surface area contributed by atoms with E-state index in [4.69, 9.17) is 18.6 Å². The molecule has 0 spiro atoms. The Hall–Kier alpha value is -5.12. The lowest BCUT2D eigenvalue weighted by atomic mass is 10.0. The van der Waals surface area contributed by atoms with Crippen LogP contribution in [0.15, 0.2) is 63.4 Å². The summed E-state index contributed by atoms with van der Waals surface area (Å²) in [7, 11) is 5.48. The maximum absolute atomic E-state index is 13.1. The van der Waals surface area contributed by atoms with Crippen LogP contribution in [0, 0.1) is 6.92 Å². The summed E-state index contributed by atoms with van der Waals surface area (Å²) in [5.41, 5.74) is 6.15. The standard InChI is InChI=1S/C29H24N6O4/c1-15-32-33-29(38-15)27-25(28(36)30-2)18-12-17(21(34(3)4)13-24(18)39-27)19-9-10-23-26(31-19)22-11-16-7-5-6-8-20(16)35(22)14-37-23/h5-13H,14H2,1-4H3,(H,30,36). The predicted octanol–water partition coefficient (Wildman–Crippen LogP) is 5.25. The van der Waals surface area contributed by atoms with Gasteiger partial charge in [-0.05, 0) is 30.3 Å². The van der Waals surface area contributed by atoms with Gasteiger partial charge in [0.25, 0.3) is 11.8 Å². The number of hydrogen-bond acceptors (Lipinski definition) is 8. The van der Waals surface area contributed by atoms with E-state index in [1.54, 1.807) is 14.0 Å². The first-order chi connectivity index (χ1) is 18.9. The van der Waals surface area contributed by atoms with Crippen molar-refractivity contribution < 1.29 is 18.4 Å². The zero-order chi connectivity index (χ0) is 26.8. The molecule has 0 unspecified atom stereocenters. The number of anilines is 1. The van der Waals surface area contributed by atoms with E-state index in [2.05, 4.69) is 38.3 Å². The quantitative estimate of drug-likeness (QED) is 0.336. The summed E-state index contributed by atoms with van der Waals surface area (Å²) < 4.78 is 20.0. The van der Waals surface area contributed by atoms with E-state index in [9.17, 15) is 4.79 Å². The van der Waals surface area contributed by atoms with Crippen molar-refractivity contribution in [1.82, 2.24) is 25.1 Å². The third-order valence-corrected chi connectivity index (χ3v) is 7.00. The van der Waals surface area contributed by atoms with Crippen LogP contribution in [0.25, 0.3) is 56.2 Å². The van der Waals surface area contributed by atoms with Crippen LogP contribution >= 0.6 is 0 Å². The maximum Gasteiger partial charge on any atom is 0.284 e. The first-order valence-electron chi connectivity index (χ1n) is 12.5. The Kier molecular flexibility index (Phi) is 4.99. The van der Waals surface area contributed by atoms with E-state index in [-0.39, 0.29) is 17.6 Å². The highest BCUT2D eigenvalue weighted by atomic mass is 16.5. The molecule has 0 radical (unpaired) electrons. The topological polar surface area (TPSA) is 111 Å². The highest BCUT2D eigenvalue weighted by Crippen LogP contribution is 2.42. The molecule has 6 aromatic rings. The molecule has 0 aliphatic carbocycles. The number of rotatable bonds is 4. The Morgan fingerprint density at radius 1 is 1.05 bits per heavy atom. The molecule has 4 aromatic heterocycles. The van der Waals surface area contributed by atoms with Gasteiger partial charge < -0.3 is 28.4 Å². The number of nitrogens with zero attached hydrogens (tertiary/aromatic N) is 5. The summed E-state index contributed by atoms with van der Waals surface area (Å²) in [6.07, 6.45) is 0. The van der Waals surface area contributed by atoms with E-state index in [1.807, 2.05) is 55.4 Å². The number of para-hydroxylation sites is 1. The first kappa shape index (κ1) is 23.0. The SMILES string of the molecule is CNC(=O)c1c(-c2nnc(C)o2)oc2cc(N(C)C)c(-c3ccc4c(n3)-c3cc5ccccc5n3CO4)cc12. The molecule has 1 amide bonds. The molecule has 0 bridgehead atoms. The Labute approximate surface area is 222 Å². The Bertz CT molecular complexity index is 1930. The van der Waals surface area contributed by atoms with Crippen LogP contribution in [0.1, 0.15) is 16.2 Å². The van der Waals surface area contributed by atoms with Crippen LogP contribution in [0.2, 0.25) is 0 Å². The second-order valence-corrected chi connectivity index (χ2v) is 9.60. The van der Waals surface area contributed by atoms with Gasteiger partial charge in [-0.15, -0.1) is 10.2 Å². The molecule has 5 heterocycles. The van der Waals surface area contributed by atoms with Gasteiger partial charge in [-0.2, -0.15) is 0 Å². The number of aromatic nitrogens is 4.